The third-order valence-electron chi connectivity index (χ3n) is 5.97. The number of fused-ring (bicyclic) bond motifs is 4. The van der Waals surface area contributed by atoms with Crippen LogP contribution in [0.1, 0.15) is 65.2 Å². The van der Waals surface area contributed by atoms with Crippen LogP contribution >= 0.6 is 0 Å². The summed E-state index contributed by atoms with van der Waals surface area (Å²) in [7, 11) is 0. The van der Waals surface area contributed by atoms with Gasteiger partial charge in [0.15, 0.2) is 11.6 Å². The zero-order valence-electron chi connectivity index (χ0n) is 14.8. The van der Waals surface area contributed by atoms with Gasteiger partial charge >= 0.3 is 0 Å². The fraction of sp³-hybridized carbons (Fsp3) is 0.167. The van der Waals surface area contributed by atoms with Crippen LogP contribution in [0.5, 0.6) is 0 Å². The highest BCUT2D eigenvalue weighted by Gasteiger charge is 2.33. The lowest BCUT2D eigenvalue weighted by atomic mass is 9.73. The van der Waals surface area contributed by atoms with Crippen molar-refractivity contribution in [3.63, 3.8) is 0 Å². The molecule has 0 unspecified atom stereocenters. The molecule has 0 radical (unpaired) electrons. The van der Waals surface area contributed by atoms with E-state index in [1.807, 2.05) is 62.4 Å². The first-order chi connectivity index (χ1) is 12.6. The summed E-state index contributed by atoms with van der Waals surface area (Å²) in [6, 6.07) is 15.6. The van der Waals surface area contributed by atoms with Crippen molar-refractivity contribution in [1.29, 1.82) is 0 Å². The first kappa shape index (κ1) is 15.3. The van der Waals surface area contributed by atoms with Gasteiger partial charge in [0.25, 0.3) is 0 Å². The van der Waals surface area contributed by atoms with Gasteiger partial charge in [0.2, 0.25) is 0 Å². The average Bonchev–Trinajstić information content (AvgIpc) is 2.66. The molecule has 0 bridgehead atoms. The van der Waals surface area contributed by atoms with Crippen molar-refractivity contribution >= 4 is 11.6 Å². The zero-order chi connectivity index (χ0) is 18.0. The highest BCUT2D eigenvalue weighted by atomic mass is 16.1. The molecule has 2 nitrogen and oxygen atoms in total. The summed E-state index contributed by atoms with van der Waals surface area (Å²) in [4.78, 5) is 26.4. The molecule has 0 fully saturated rings. The molecule has 0 spiro atoms. The number of hydrogen-bond donors (Lipinski definition) is 0. The van der Waals surface area contributed by atoms with Gasteiger partial charge in [0, 0.05) is 22.3 Å². The largest absolute Gasteiger partial charge is 0.289 e. The Labute approximate surface area is 152 Å². The summed E-state index contributed by atoms with van der Waals surface area (Å²) in [6.45, 7) is 4.01. The second-order valence-electron chi connectivity index (χ2n) is 7.28. The Kier molecular flexibility index (Phi) is 3.08. The maximum atomic E-state index is 13.2. The van der Waals surface area contributed by atoms with Crippen molar-refractivity contribution in [2.24, 2.45) is 0 Å². The molecule has 3 aromatic carbocycles. The standard InChI is InChI=1S/C24H18O2/c1-13-19-11-15-7-3-6-10-18(15)24(26)22(19)14(2)20-12-16-8-4-5-9-17(16)23(25)21(13)20/h3-10H,11-12H2,1-2H3. The van der Waals surface area contributed by atoms with Crippen LogP contribution in [-0.2, 0) is 12.8 Å². The molecular weight excluding hydrogens is 320 g/mol. The van der Waals surface area contributed by atoms with Crippen molar-refractivity contribution < 1.29 is 9.59 Å². The Morgan fingerprint density at radius 3 is 1.42 bits per heavy atom. The summed E-state index contributed by atoms with van der Waals surface area (Å²) < 4.78 is 0. The monoisotopic (exact) mass is 338 g/mol. The van der Waals surface area contributed by atoms with Gasteiger partial charge in [-0.2, -0.15) is 0 Å². The number of rotatable bonds is 0. The second kappa shape index (κ2) is 5.25. The number of hydrogen-bond acceptors (Lipinski definition) is 2. The van der Waals surface area contributed by atoms with Crippen LogP contribution in [0, 0.1) is 13.8 Å². The molecule has 0 saturated heterocycles. The first-order valence-corrected chi connectivity index (χ1v) is 8.98. The zero-order valence-corrected chi connectivity index (χ0v) is 14.8. The Morgan fingerprint density at radius 2 is 1.00 bits per heavy atom. The lowest BCUT2D eigenvalue weighted by Crippen LogP contribution is -2.25. The molecule has 2 heteroatoms. The molecule has 2 aliphatic rings. The summed E-state index contributed by atoms with van der Waals surface area (Å²) in [5.74, 6) is 0.188. The minimum atomic E-state index is 0.0940. The van der Waals surface area contributed by atoms with Gasteiger partial charge < -0.3 is 0 Å². The predicted molar refractivity (Wildman–Crippen MR) is 101 cm³/mol. The van der Waals surface area contributed by atoms with Crippen LogP contribution in [0.25, 0.3) is 0 Å². The summed E-state index contributed by atoms with van der Waals surface area (Å²) in [6.07, 6.45) is 1.43. The molecule has 0 aliphatic heterocycles. The van der Waals surface area contributed by atoms with E-state index in [0.717, 1.165) is 55.6 Å². The molecule has 2 aliphatic carbocycles. The van der Waals surface area contributed by atoms with Crippen molar-refractivity contribution in [3.05, 3.63) is 104 Å². The highest BCUT2D eigenvalue weighted by molar-refractivity contribution is 6.17. The Balaban J connectivity index is 1.81. The minimum absolute atomic E-state index is 0.0940. The van der Waals surface area contributed by atoms with Crippen molar-refractivity contribution in [3.8, 4) is 0 Å². The number of carbonyl (C=O) groups excluding carboxylic acids is 2. The number of ketones is 2. The van der Waals surface area contributed by atoms with Crippen LogP contribution in [0.15, 0.2) is 48.5 Å². The fourth-order valence-electron chi connectivity index (χ4n) is 4.63. The predicted octanol–water partition coefficient (Wildman–Crippen LogP) is 4.57. The van der Waals surface area contributed by atoms with E-state index in [2.05, 4.69) is 0 Å². The van der Waals surface area contributed by atoms with E-state index in [9.17, 15) is 9.59 Å². The van der Waals surface area contributed by atoms with E-state index < -0.39 is 0 Å². The Bertz CT molecular complexity index is 1040. The Morgan fingerprint density at radius 1 is 0.615 bits per heavy atom. The van der Waals surface area contributed by atoms with E-state index >= 15 is 0 Å². The molecule has 0 saturated carbocycles. The SMILES string of the molecule is Cc1c2c(c(C)c3c1C(=O)c1ccccc1C3)C(=O)c1ccccc1C2. The van der Waals surface area contributed by atoms with E-state index in [1.165, 1.54) is 0 Å². The van der Waals surface area contributed by atoms with E-state index in [1.54, 1.807) is 0 Å². The summed E-state index contributed by atoms with van der Waals surface area (Å²) in [5.41, 5.74) is 9.32. The third kappa shape index (κ3) is 1.87. The molecular formula is C24H18O2. The highest BCUT2D eigenvalue weighted by Crippen LogP contribution is 2.39. The molecule has 26 heavy (non-hydrogen) atoms. The molecule has 0 aromatic heterocycles. The van der Waals surface area contributed by atoms with Gasteiger partial charge in [0.1, 0.15) is 0 Å². The second-order valence-corrected chi connectivity index (χ2v) is 7.28. The topological polar surface area (TPSA) is 34.1 Å². The van der Waals surface area contributed by atoms with E-state index in [4.69, 9.17) is 0 Å². The molecule has 5 rings (SSSR count). The van der Waals surface area contributed by atoms with Crippen LogP contribution in [0.2, 0.25) is 0 Å². The maximum Gasteiger partial charge on any atom is 0.193 e. The van der Waals surface area contributed by atoms with Crippen molar-refractivity contribution in [2.75, 3.05) is 0 Å². The van der Waals surface area contributed by atoms with Crippen LogP contribution < -0.4 is 0 Å². The van der Waals surface area contributed by atoms with Crippen molar-refractivity contribution in [2.45, 2.75) is 26.7 Å². The quantitative estimate of drug-likeness (QED) is 0.414. The van der Waals surface area contributed by atoms with Crippen LogP contribution in [0.3, 0.4) is 0 Å². The smallest absolute Gasteiger partial charge is 0.193 e. The summed E-state index contributed by atoms with van der Waals surface area (Å²) >= 11 is 0. The van der Waals surface area contributed by atoms with Crippen molar-refractivity contribution in [1.82, 2.24) is 0 Å². The maximum absolute atomic E-state index is 13.2. The van der Waals surface area contributed by atoms with Gasteiger partial charge in [0.05, 0.1) is 0 Å². The first-order valence-electron chi connectivity index (χ1n) is 8.98. The van der Waals surface area contributed by atoms with Gasteiger partial charge in [-0.05, 0) is 60.1 Å². The molecule has 0 N–H and O–H groups in total. The lowest BCUT2D eigenvalue weighted by Gasteiger charge is -2.29. The summed E-state index contributed by atoms with van der Waals surface area (Å²) in [5, 5.41) is 0. The fourth-order valence-corrected chi connectivity index (χ4v) is 4.63. The van der Waals surface area contributed by atoms with E-state index in [0.29, 0.717) is 12.8 Å². The normalized spacial score (nSPS) is 14.4. The van der Waals surface area contributed by atoms with Crippen LogP contribution in [-0.4, -0.2) is 11.6 Å². The van der Waals surface area contributed by atoms with Crippen LogP contribution in [0.4, 0.5) is 0 Å². The molecule has 0 amide bonds. The molecule has 3 aromatic rings. The molecule has 0 atom stereocenters. The number of benzene rings is 3. The average molecular weight is 338 g/mol. The molecule has 0 heterocycles. The van der Waals surface area contributed by atoms with Gasteiger partial charge in [-0.25, -0.2) is 0 Å². The Hall–Kier alpha value is -3.00. The third-order valence-corrected chi connectivity index (χ3v) is 5.97. The van der Waals surface area contributed by atoms with E-state index in [-0.39, 0.29) is 11.6 Å². The van der Waals surface area contributed by atoms with Gasteiger partial charge in [-0.15, -0.1) is 0 Å². The minimum Gasteiger partial charge on any atom is -0.289 e. The van der Waals surface area contributed by atoms with Gasteiger partial charge in [-0.3, -0.25) is 9.59 Å². The molecule has 126 valence electrons. The lowest BCUT2D eigenvalue weighted by molar-refractivity contribution is 0.102. The number of carbonyl (C=O) groups is 2. The van der Waals surface area contributed by atoms with Gasteiger partial charge in [-0.1, -0.05) is 48.5 Å².